The van der Waals surface area contributed by atoms with Gasteiger partial charge in [-0.25, -0.2) is 4.79 Å². The lowest BCUT2D eigenvalue weighted by atomic mass is 10.7. The number of nitrogens with zero attached hydrogens (tertiary/aromatic N) is 1. The molecule has 0 atom stereocenters. The molecule has 0 saturated carbocycles. The minimum Gasteiger partial charge on any atom is -0.448 e. The summed E-state index contributed by atoms with van der Waals surface area (Å²) in [6.07, 6.45) is -0.296. The largest absolute Gasteiger partial charge is 0.448 e. The van der Waals surface area contributed by atoms with Crippen molar-refractivity contribution in [3.63, 3.8) is 0 Å². The van der Waals surface area contributed by atoms with Crippen LogP contribution >= 0.6 is 0 Å². The van der Waals surface area contributed by atoms with E-state index in [4.69, 9.17) is 4.74 Å². The Morgan fingerprint density at radius 1 is 1.60 bits per heavy atom. The number of ether oxygens (including phenoxy) is 1. The Bertz CT molecular complexity index is 104. The summed E-state index contributed by atoms with van der Waals surface area (Å²) in [5, 5.41) is 2.87. The topological polar surface area (TPSA) is 41.6 Å². The van der Waals surface area contributed by atoms with Crippen LogP contribution in [0.3, 0.4) is 0 Å². The van der Waals surface area contributed by atoms with E-state index in [-0.39, 0.29) is 6.09 Å². The molecule has 0 aromatic rings. The number of hydrogen-bond acceptors (Lipinski definition) is 3. The molecule has 0 saturated heterocycles. The van der Waals surface area contributed by atoms with Crippen molar-refractivity contribution < 1.29 is 9.53 Å². The number of carbonyl (C=O) groups is 1. The molecular formula is C6H14N2O2. The lowest BCUT2D eigenvalue weighted by molar-refractivity contribution is 0.119. The highest BCUT2D eigenvalue weighted by Crippen LogP contribution is 1.83. The van der Waals surface area contributed by atoms with Crippen LogP contribution in [0.2, 0.25) is 0 Å². The normalized spacial score (nSPS) is 9.10. The molecular weight excluding hydrogens is 132 g/mol. The van der Waals surface area contributed by atoms with E-state index in [9.17, 15) is 4.79 Å². The molecule has 0 spiro atoms. The second-order valence-electron chi connectivity index (χ2n) is 2.11. The Morgan fingerprint density at radius 3 is 2.60 bits per heavy atom. The Labute approximate surface area is 61.1 Å². The van der Waals surface area contributed by atoms with Crippen LogP contribution in [0.25, 0.3) is 0 Å². The van der Waals surface area contributed by atoms with E-state index >= 15 is 0 Å². The van der Waals surface area contributed by atoms with Crippen molar-refractivity contribution in [2.75, 3.05) is 34.3 Å². The van der Waals surface area contributed by atoms with Crippen LogP contribution in [-0.4, -0.2) is 45.3 Å². The molecule has 0 radical (unpaired) electrons. The first-order chi connectivity index (χ1) is 4.68. The first kappa shape index (κ1) is 9.23. The van der Waals surface area contributed by atoms with Gasteiger partial charge in [0.15, 0.2) is 0 Å². The maximum Gasteiger partial charge on any atom is 0.409 e. The molecule has 0 unspecified atom stereocenters. The van der Waals surface area contributed by atoms with E-state index in [1.165, 1.54) is 4.90 Å². The van der Waals surface area contributed by atoms with Crippen molar-refractivity contribution in [3.8, 4) is 0 Å². The fourth-order valence-electron chi connectivity index (χ4n) is 0.370. The minimum atomic E-state index is -0.296. The summed E-state index contributed by atoms with van der Waals surface area (Å²) in [6, 6.07) is 0. The summed E-state index contributed by atoms with van der Waals surface area (Å²) < 4.78 is 4.77. The summed E-state index contributed by atoms with van der Waals surface area (Å²) in [5.74, 6) is 0. The van der Waals surface area contributed by atoms with Crippen LogP contribution in [0.1, 0.15) is 0 Å². The van der Waals surface area contributed by atoms with E-state index in [0.29, 0.717) is 13.2 Å². The highest BCUT2D eigenvalue weighted by molar-refractivity contribution is 5.66. The smallest absolute Gasteiger partial charge is 0.409 e. The molecule has 0 aliphatic carbocycles. The van der Waals surface area contributed by atoms with E-state index in [2.05, 4.69) is 5.32 Å². The summed E-state index contributed by atoms with van der Waals surface area (Å²) in [4.78, 5) is 12.1. The van der Waals surface area contributed by atoms with Gasteiger partial charge in [-0.05, 0) is 7.05 Å². The van der Waals surface area contributed by atoms with Gasteiger partial charge in [-0.1, -0.05) is 0 Å². The summed E-state index contributed by atoms with van der Waals surface area (Å²) in [6.45, 7) is 1.12. The van der Waals surface area contributed by atoms with Crippen LogP contribution in [0.5, 0.6) is 0 Å². The lowest BCUT2D eigenvalue weighted by Crippen LogP contribution is -2.26. The van der Waals surface area contributed by atoms with Crippen LogP contribution < -0.4 is 5.32 Å². The molecule has 0 aromatic carbocycles. The van der Waals surface area contributed by atoms with Crippen molar-refractivity contribution in [2.24, 2.45) is 0 Å². The zero-order valence-corrected chi connectivity index (χ0v) is 6.68. The molecule has 1 amide bonds. The minimum absolute atomic E-state index is 0.296. The van der Waals surface area contributed by atoms with Gasteiger partial charge >= 0.3 is 6.09 Å². The van der Waals surface area contributed by atoms with Gasteiger partial charge in [0.1, 0.15) is 6.61 Å². The van der Waals surface area contributed by atoms with E-state index < -0.39 is 0 Å². The average molecular weight is 146 g/mol. The predicted molar refractivity (Wildman–Crippen MR) is 39.0 cm³/mol. The van der Waals surface area contributed by atoms with Gasteiger partial charge in [0.2, 0.25) is 0 Å². The third-order valence-electron chi connectivity index (χ3n) is 0.943. The van der Waals surface area contributed by atoms with Gasteiger partial charge in [0, 0.05) is 20.6 Å². The maximum absolute atomic E-state index is 10.7. The van der Waals surface area contributed by atoms with Crippen LogP contribution in [0, 0.1) is 0 Å². The first-order valence-corrected chi connectivity index (χ1v) is 3.17. The van der Waals surface area contributed by atoms with Crippen LogP contribution in [0.4, 0.5) is 4.79 Å². The molecule has 0 aliphatic heterocycles. The SMILES string of the molecule is CNCCOC(=O)N(C)C. The Morgan fingerprint density at radius 2 is 2.20 bits per heavy atom. The van der Waals surface area contributed by atoms with E-state index in [0.717, 1.165) is 0 Å². The summed E-state index contributed by atoms with van der Waals surface area (Å²) in [7, 11) is 5.12. The van der Waals surface area contributed by atoms with Gasteiger partial charge in [0.05, 0.1) is 0 Å². The quantitative estimate of drug-likeness (QED) is 0.565. The number of carbonyl (C=O) groups excluding carboxylic acids is 1. The molecule has 0 bridgehead atoms. The molecule has 0 aromatic heterocycles. The predicted octanol–water partition coefficient (Wildman–Crippen LogP) is -0.0960. The fourth-order valence-corrected chi connectivity index (χ4v) is 0.370. The average Bonchev–Trinajstić information content (AvgIpc) is 1.88. The van der Waals surface area contributed by atoms with Crippen molar-refractivity contribution >= 4 is 6.09 Å². The lowest BCUT2D eigenvalue weighted by Gasteiger charge is -2.09. The zero-order chi connectivity index (χ0) is 7.98. The van der Waals surface area contributed by atoms with E-state index in [1.54, 1.807) is 14.1 Å². The van der Waals surface area contributed by atoms with Gasteiger partial charge in [-0.3, -0.25) is 0 Å². The maximum atomic E-state index is 10.7. The Balaban J connectivity index is 3.22. The van der Waals surface area contributed by atoms with Crippen molar-refractivity contribution in [1.29, 1.82) is 0 Å². The number of amides is 1. The number of likely N-dealkylation sites (N-methyl/N-ethyl adjacent to an activating group) is 1. The standard InChI is InChI=1S/C6H14N2O2/c1-7-4-5-10-6(9)8(2)3/h7H,4-5H2,1-3H3. The summed E-state index contributed by atoms with van der Waals surface area (Å²) >= 11 is 0. The number of hydrogen-bond donors (Lipinski definition) is 1. The first-order valence-electron chi connectivity index (χ1n) is 3.17. The molecule has 0 heterocycles. The molecule has 60 valence electrons. The van der Waals surface area contributed by atoms with Gasteiger partial charge in [-0.2, -0.15) is 0 Å². The van der Waals surface area contributed by atoms with Crippen LogP contribution in [-0.2, 0) is 4.74 Å². The molecule has 10 heavy (non-hydrogen) atoms. The number of rotatable bonds is 3. The molecule has 4 heteroatoms. The number of nitrogens with one attached hydrogen (secondary N) is 1. The van der Waals surface area contributed by atoms with Crippen molar-refractivity contribution in [2.45, 2.75) is 0 Å². The highest BCUT2D eigenvalue weighted by Gasteiger charge is 2.01. The third-order valence-corrected chi connectivity index (χ3v) is 0.943. The van der Waals surface area contributed by atoms with Crippen molar-refractivity contribution in [3.05, 3.63) is 0 Å². The van der Waals surface area contributed by atoms with Crippen molar-refractivity contribution in [1.82, 2.24) is 10.2 Å². The van der Waals surface area contributed by atoms with Gasteiger partial charge < -0.3 is 15.0 Å². The van der Waals surface area contributed by atoms with Gasteiger partial charge in [0.25, 0.3) is 0 Å². The Kier molecular flexibility index (Phi) is 4.66. The summed E-state index contributed by atoms with van der Waals surface area (Å²) in [5.41, 5.74) is 0. The van der Waals surface area contributed by atoms with E-state index in [1.807, 2.05) is 7.05 Å². The molecule has 4 nitrogen and oxygen atoms in total. The Hall–Kier alpha value is -0.770. The third kappa shape index (κ3) is 4.14. The highest BCUT2D eigenvalue weighted by atomic mass is 16.6. The monoisotopic (exact) mass is 146 g/mol. The molecule has 0 fully saturated rings. The molecule has 0 rings (SSSR count). The zero-order valence-electron chi connectivity index (χ0n) is 6.68. The molecule has 1 N–H and O–H groups in total. The molecule has 0 aliphatic rings. The fraction of sp³-hybridized carbons (Fsp3) is 0.833. The second kappa shape index (κ2) is 5.05. The van der Waals surface area contributed by atoms with Gasteiger partial charge in [-0.15, -0.1) is 0 Å². The second-order valence-corrected chi connectivity index (χ2v) is 2.11. The van der Waals surface area contributed by atoms with Crippen LogP contribution in [0.15, 0.2) is 0 Å².